The molecule has 1 fully saturated rings. The minimum absolute atomic E-state index is 0.357. The van der Waals surface area contributed by atoms with E-state index in [1.807, 2.05) is 18.3 Å². The second-order valence-electron chi connectivity index (χ2n) is 4.57. The van der Waals surface area contributed by atoms with Gasteiger partial charge in [-0.3, -0.25) is 4.90 Å². The van der Waals surface area contributed by atoms with Crippen molar-refractivity contribution in [2.45, 2.75) is 19.4 Å². The molecule has 2 rings (SSSR count). The average Bonchev–Trinajstić information content (AvgIpc) is 2.40. The number of anilines is 1. The van der Waals surface area contributed by atoms with Gasteiger partial charge in [0.1, 0.15) is 5.82 Å². The summed E-state index contributed by atoms with van der Waals surface area (Å²) in [6.07, 6.45) is 2.44. The van der Waals surface area contributed by atoms with Gasteiger partial charge in [-0.05, 0) is 35.0 Å². The molecule has 18 heavy (non-hydrogen) atoms. The molecular weight excluding hydrogens is 292 g/mol. The van der Waals surface area contributed by atoms with Gasteiger partial charge in [-0.1, -0.05) is 0 Å². The molecule has 1 aromatic rings. The van der Waals surface area contributed by atoms with Crippen molar-refractivity contribution in [2.75, 3.05) is 31.1 Å². The summed E-state index contributed by atoms with van der Waals surface area (Å²) < 4.78 is 1.01. The fraction of sp³-hybridized carbons (Fsp3) is 0.538. The second kappa shape index (κ2) is 6.17. The monoisotopic (exact) mass is 308 g/mol. The molecule has 0 N–H and O–H groups in total. The molecule has 1 aliphatic rings. The van der Waals surface area contributed by atoms with Gasteiger partial charge in [-0.25, -0.2) is 4.98 Å². The lowest BCUT2D eigenvalue weighted by Gasteiger charge is -2.38. The van der Waals surface area contributed by atoms with E-state index in [1.165, 1.54) is 0 Å². The molecular formula is C13H17BrN4. The van der Waals surface area contributed by atoms with Gasteiger partial charge in [0.05, 0.1) is 12.5 Å². The Morgan fingerprint density at radius 1 is 1.39 bits per heavy atom. The highest BCUT2D eigenvalue weighted by Gasteiger charge is 2.21. The Labute approximate surface area is 116 Å². The van der Waals surface area contributed by atoms with Crippen LogP contribution in [0, 0.1) is 11.3 Å². The van der Waals surface area contributed by atoms with E-state index < -0.39 is 0 Å². The van der Waals surface area contributed by atoms with E-state index in [9.17, 15) is 0 Å². The molecule has 4 nitrogen and oxygen atoms in total. The highest BCUT2D eigenvalue weighted by atomic mass is 79.9. The van der Waals surface area contributed by atoms with Crippen molar-refractivity contribution in [1.82, 2.24) is 9.88 Å². The van der Waals surface area contributed by atoms with Crippen molar-refractivity contribution < 1.29 is 0 Å². The Bertz CT molecular complexity index is 418. The largest absolute Gasteiger partial charge is 0.354 e. The van der Waals surface area contributed by atoms with Crippen molar-refractivity contribution >= 4 is 21.7 Å². The number of nitrogens with zero attached hydrogens (tertiary/aromatic N) is 4. The molecule has 0 spiro atoms. The van der Waals surface area contributed by atoms with Gasteiger partial charge in [0.15, 0.2) is 0 Å². The fourth-order valence-corrected chi connectivity index (χ4v) is 2.44. The Kier molecular flexibility index (Phi) is 4.56. The summed E-state index contributed by atoms with van der Waals surface area (Å²) in [5, 5.41) is 8.72. The summed E-state index contributed by atoms with van der Waals surface area (Å²) in [7, 11) is 0. The fourth-order valence-electron chi connectivity index (χ4n) is 2.21. The Hall–Kier alpha value is -1.12. The third kappa shape index (κ3) is 3.21. The molecule has 1 aliphatic heterocycles. The summed E-state index contributed by atoms with van der Waals surface area (Å²) in [6, 6.07) is 6.66. The van der Waals surface area contributed by atoms with Crippen LogP contribution in [0.3, 0.4) is 0 Å². The zero-order chi connectivity index (χ0) is 13.0. The lowest BCUT2D eigenvalue weighted by atomic mass is 10.2. The van der Waals surface area contributed by atoms with Crippen LogP contribution < -0.4 is 4.90 Å². The van der Waals surface area contributed by atoms with Crippen LogP contribution in [0.5, 0.6) is 0 Å². The van der Waals surface area contributed by atoms with Crippen molar-refractivity contribution in [2.24, 2.45) is 0 Å². The summed E-state index contributed by atoms with van der Waals surface area (Å²) in [5.41, 5.74) is 0. The molecule has 0 saturated carbocycles. The van der Waals surface area contributed by atoms with Gasteiger partial charge in [0.2, 0.25) is 0 Å². The van der Waals surface area contributed by atoms with Crippen LogP contribution >= 0.6 is 15.9 Å². The molecule has 0 aromatic carbocycles. The maximum Gasteiger partial charge on any atom is 0.128 e. The van der Waals surface area contributed by atoms with Gasteiger partial charge in [0, 0.05) is 42.9 Å². The molecule has 1 atom stereocenters. The Balaban J connectivity index is 1.90. The maximum atomic E-state index is 8.72. The third-order valence-corrected chi connectivity index (χ3v) is 3.83. The van der Waals surface area contributed by atoms with E-state index in [0.717, 1.165) is 36.5 Å². The van der Waals surface area contributed by atoms with E-state index in [-0.39, 0.29) is 0 Å². The van der Waals surface area contributed by atoms with E-state index >= 15 is 0 Å². The smallest absolute Gasteiger partial charge is 0.128 e. The predicted octanol–water partition coefficient (Wildman–Crippen LogP) is 2.27. The number of halogens is 1. The first-order valence-corrected chi connectivity index (χ1v) is 6.97. The Morgan fingerprint density at radius 3 is 2.67 bits per heavy atom. The van der Waals surface area contributed by atoms with Crippen molar-refractivity contribution in [3.8, 4) is 6.07 Å². The molecule has 2 heterocycles. The van der Waals surface area contributed by atoms with E-state index in [0.29, 0.717) is 12.5 Å². The van der Waals surface area contributed by atoms with Crippen molar-refractivity contribution in [3.05, 3.63) is 22.8 Å². The summed E-state index contributed by atoms with van der Waals surface area (Å²) in [6.45, 7) is 6.08. The molecule has 0 radical (unpaired) electrons. The van der Waals surface area contributed by atoms with Gasteiger partial charge in [-0.2, -0.15) is 5.26 Å². The van der Waals surface area contributed by atoms with Gasteiger partial charge >= 0.3 is 0 Å². The van der Waals surface area contributed by atoms with Crippen LogP contribution in [-0.4, -0.2) is 42.1 Å². The number of hydrogen-bond donors (Lipinski definition) is 0. The van der Waals surface area contributed by atoms with Crippen LogP contribution in [0.4, 0.5) is 5.82 Å². The summed E-state index contributed by atoms with van der Waals surface area (Å²) >= 11 is 3.40. The molecule has 0 unspecified atom stereocenters. The number of aromatic nitrogens is 1. The van der Waals surface area contributed by atoms with Gasteiger partial charge in [-0.15, -0.1) is 0 Å². The molecule has 1 aromatic heterocycles. The minimum Gasteiger partial charge on any atom is -0.354 e. The summed E-state index contributed by atoms with van der Waals surface area (Å²) in [5.74, 6) is 1.03. The lowest BCUT2D eigenvalue weighted by molar-refractivity contribution is 0.199. The normalized spacial score (nSPS) is 18.4. The average molecular weight is 309 g/mol. The zero-order valence-corrected chi connectivity index (χ0v) is 12.1. The highest BCUT2D eigenvalue weighted by molar-refractivity contribution is 9.10. The van der Waals surface area contributed by atoms with Gasteiger partial charge in [0.25, 0.3) is 0 Å². The minimum atomic E-state index is 0.357. The number of piperazine rings is 1. The Morgan fingerprint density at radius 2 is 2.11 bits per heavy atom. The van der Waals surface area contributed by atoms with E-state index in [2.05, 4.69) is 43.7 Å². The second-order valence-corrected chi connectivity index (χ2v) is 5.48. The predicted molar refractivity (Wildman–Crippen MR) is 75.4 cm³/mol. The molecule has 0 bridgehead atoms. The van der Waals surface area contributed by atoms with Crippen LogP contribution in [0.2, 0.25) is 0 Å². The van der Waals surface area contributed by atoms with E-state index in [1.54, 1.807) is 0 Å². The van der Waals surface area contributed by atoms with Crippen LogP contribution in [-0.2, 0) is 0 Å². The molecule has 0 amide bonds. The number of rotatable bonds is 3. The van der Waals surface area contributed by atoms with Crippen molar-refractivity contribution in [3.63, 3.8) is 0 Å². The zero-order valence-electron chi connectivity index (χ0n) is 10.5. The molecule has 0 aliphatic carbocycles. The summed E-state index contributed by atoms with van der Waals surface area (Å²) in [4.78, 5) is 9.08. The quantitative estimate of drug-likeness (QED) is 0.859. The first kappa shape index (κ1) is 13.3. The number of hydrogen-bond acceptors (Lipinski definition) is 4. The van der Waals surface area contributed by atoms with E-state index in [4.69, 9.17) is 5.26 Å². The maximum absolute atomic E-state index is 8.72. The molecule has 96 valence electrons. The first-order chi connectivity index (χ1) is 8.70. The third-order valence-electron chi connectivity index (χ3n) is 3.36. The highest BCUT2D eigenvalue weighted by Crippen LogP contribution is 2.17. The topological polar surface area (TPSA) is 43.2 Å². The molecule has 5 heteroatoms. The molecule has 1 saturated heterocycles. The van der Waals surface area contributed by atoms with Crippen LogP contribution in [0.25, 0.3) is 0 Å². The van der Waals surface area contributed by atoms with Crippen LogP contribution in [0.15, 0.2) is 22.8 Å². The van der Waals surface area contributed by atoms with Gasteiger partial charge < -0.3 is 4.90 Å². The lowest BCUT2D eigenvalue weighted by Crippen LogP contribution is -2.49. The van der Waals surface area contributed by atoms with Crippen LogP contribution in [0.1, 0.15) is 13.3 Å². The van der Waals surface area contributed by atoms with Crippen molar-refractivity contribution in [1.29, 1.82) is 5.26 Å². The first-order valence-electron chi connectivity index (χ1n) is 6.18. The SMILES string of the molecule is C[C@@H](CC#N)N1CCN(c2ccc(Br)cn2)CC1. The standard InChI is InChI=1S/C13H17BrN4/c1-11(4-5-15)17-6-8-18(9-7-17)13-3-2-12(14)10-16-13/h2-3,10-11H,4,6-9H2,1H3/t11-/m0/s1. The number of pyridine rings is 1. The number of nitriles is 1.